The van der Waals surface area contributed by atoms with Crippen LogP contribution in [0.2, 0.25) is 5.02 Å². The Hall–Kier alpha value is -3.59. The minimum absolute atomic E-state index is 0.0245. The average molecular weight is 521 g/mol. The van der Waals surface area contributed by atoms with Crippen molar-refractivity contribution in [2.45, 2.75) is 45.5 Å². The Morgan fingerprint density at radius 1 is 1.00 bits per heavy atom. The quantitative estimate of drug-likeness (QED) is 0.398. The first-order valence-corrected chi connectivity index (χ1v) is 11.3. The van der Waals surface area contributed by atoms with Gasteiger partial charge in [0.2, 0.25) is 5.91 Å². The second-order valence-electron chi connectivity index (χ2n) is 9.09. The maximum Gasteiger partial charge on any atom is 0.417 e. The van der Waals surface area contributed by atoms with Gasteiger partial charge < -0.3 is 14.6 Å². The van der Waals surface area contributed by atoms with E-state index < -0.39 is 40.8 Å². The molecule has 0 aliphatic rings. The molecule has 1 aromatic heterocycles. The third kappa shape index (κ3) is 6.54. The molecule has 1 atom stereocenters. The van der Waals surface area contributed by atoms with Crippen LogP contribution in [0.25, 0.3) is 11.1 Å². The van der Waals surface area contributed by atoms with E-state index >= 15 is 0 Å². The first-order valence-electron chi connectivity index (χ1n) is 10.9. The molecule has 190 valence electrons. The highest BCUT2D eigenvalue weighted by molar-refractivity contribution is 6.30. The lowest BCUT2D eigenvalue weighted by atomic mass is 10.00. The van der Waals surface area contributed by atoms with Gasteiger partial charge in [0, 0.05) is 23.0 Å². The predicted octanol–water partition coefficient (Wildman–Crippen LogP) is 6.34. The van der Waals surface area contributed by atoms with Gasteiger partial charge in [-0.15, -0.1) is 0 Å². The standard InChI is InChI=1S/C26H24ClF3N2O4/c1-15(23(34)31-19-8-5-16(6-9-19)24(35)36-25(2,3)4)32-12-11-17(13-22(32)33)20-14-18(27)7-10-21(20)26(28,29)30/h5-15H,1-4H3,(H,31,34)/t15-/m1/s1. The van der Waals surface area contributed by atoms with Crippen molar-refractivity contribution in [3.8, 4) is 11.1 Å². The van der Waals surface area contributed by atoms with Crippen molar-refractivity contribution in [3.05, 3.63) is 87.3 Å². The van der Waals surface area contributed by atoms with E-state index in [-0.39, 0.29) is 16.1 Å². The summed E-state index contributed by atoms with van der Waals surface area (Å²) in [6.07, 6.45) is -3.38. The summed E-state index contributed by atoms with van der Waals surface area (Å²) in [6.45, 7) is 6.73. The fourth-order valence-electron chi connectivity index (χ4n) is 3.38. The summed E-state index contributed by atoms with van der Waals surface area (Å²) < 4.78 is 46.7. The van der Waals surface area contributed by atoms with E-state index in [1.165, 1.54) is 43.5 Å². The Morgan fingerprint density at radius 2 is 1.64 bits per heavy atom. The van der Waals surface area contributed by atoms with Crippen LogP contribution in [0.3, 0.4) is 0 Å². The van der Waals surface area contributed by atoms with Gasteiger partial charge in [0.15, 0.2) is 0 Å². The molecule has 0 radical (unpaired) electrons. The molecule has 0 bridgehead atoms. The minimum Gasteiger partial charge on any atom is -0.456 e. The van der Waals surface area contributed by atoms with Gasteiger partial charge in [-0.05, 0) is 87.4 Å². The van der Waals surface area contributed by atoms with E-state index in [1.54, 1.807) is 20.8 Å². The normalized spacial score (nSPS) is 12.7. The van der Waals surface area contributed by atoms with Gasteiger partial charge in [-0.25, -0.2) is 4.79 Å². The number of hydrogen-bond donors (Lipinski definition) is 1. The van der Waals surface area contributed by atoms with E-state index in [4.69, 9.17) is 16.3 Å². The summed E-state index contributed by atoms with van der Waals surface area (Å²) in [5.74, 6) is -1.04. The number of ether oxygens (including phenoxy) is 1. The molecule has 0 fully saturated rings. The minimum atomic E-state index is -4.64. The number of amides is 1. The molecule has 0 aliphatic carbocycles. The first kappa shape index (κ1) is 27.0. The van der Waals surface area contributed by atoms with Gasteiger partial charge in [0.25, 0.3) is 5.56 Å². The molecule has 0 saturated heterocycles. The molecule has 0 spiro atoms. The van der Waals surface area contributed by atoms with Gasteiger partial charge >= 0.3 is 12.1 Å². The number of alkyl halides is 3. The van der Waals surface area contributed by atoms with Crippen molar-refractivity contribution in [3.63, 3.8) is 0 Å². The van der Waals surface area contributed by atoms with Crippen LogP contribution in [-0.2, 0) is 15.7 Å². The van der Waals surface area contributed by atoms with Crippen LogP contribution in [0.4, 0.5) is 18.9 Å². The molecule has 0 unspecified atom stereocenters. The third-order valence-corrected chi connectivity index (χ3v) is 5.36. The van der Waals surface area contributed by atoms with Crippen molar-refractivity contribution in [1.82, 2.24) is 4.57 Å². The van der Waals surface area contributed by atoms with Gasteiger partial charge in [0.05, 0.1) is 11.1 Å². The summed E-state index contributed by atoms with van der Waals surface area (Å²) in [5, 5.41) is 2.74. The van der Waals surface area contributed by atoms with Gasteiger partial charge in [-0.2, -0.15) is 13.2 Å². The smallest absolute Gasteiger partial charge is 0.417 e. The number of carbonyl (C=O) groups excluding carboxylic acids is 2. The number of pyridine rings is 1. The molecular formula is C26H24ClF3N2O4. The molecule has 3 aromatic rings. The van der Waals surface area contributed by atoms with Crippen LogP contribution < -0.4 is 10.9 Å². The molecule has 1 N–H and O–H groups in total. The number of halogens is 4. The van der Waals surface area contributed by atoms with Crippen LogP contribution in [0.15, 0.2) is 65.6 Å². The second kappa shape index (κ2) is 10.2. The SMILES string of the molecule is C[C@H](C(=O)Nc1ccc(C(=O)OC(C)(C)C)cc1)n1ccc(-c2cc(Cl)ccc2C(F)(F)F)cc1=O. The van der Waals surface area contributed by atoms with Crippen molar-refractivity contribution >= 4 is 29.2 Å². The summed E-state index contributed by atoms with van der Waals surface area (Å²) in [5.41, 5.74) is -1.76. The summed E-state index contributed by atoms with van der Waals surface area (Å²) >= 11 is 5.88. The zero-order valence-corrected chi connectivity index (χ0v) is 20.7. The van der Waals surface area contributed by atoms with Crippen LogP contribution >= 0.6 is 11.6 Å². The van der Waals surface area contributed by atoms with E-state index in [0.29, 0.717) is 11.3 Å². The zero-order valence-electron chi connectivity index (χ0n) is 19.9. The van der Waals surface area contributed by atoms with Crippen LogP contribution in [-0.4, -0.2) is 22.0 Å². The summed E-state index contributed by atoms with van der Waals surface area (Å²) in [6, 6.07) is 10.5. The molecule has 0 saturated carbocycles. The monoisotopic (exact) mass is 520 g/mol. The molecule has 0 aliphatic heterocycles. The fraction of sp³-hybridized carbons (Fsp3) is 0.269. The molecule has 6 nitrogen and oxygen atoms in total. The highest BCUT2D eigenvalue weighted by Gasteiger charge is 2.34. The highest BCUT2D eigenvalue weighted by Crippen LogP contribution is 2.38. The third-order valence-electron chi connectivity index (χ3n) is 5.13. The first-order chi connectivity index (χ1) is 16.7. The number of hydrogen-bond acceptors (Lipinski definition) is 4. The molecular weight excluding hydrogens is 497 g/mol. The predicted molar refractivity (Wildman–Crippen MR) is 131 cm³/mol. The maximum atomic E-state index is 13.4. The van der Waals surface area contributed by atoms with E-state index in [2.05, 4.69) is 5.32 Å². The Morgan fingerprint density at radius 3 is 2.19 bits per heavy atom. The highest BCUT2D eigenvalue weighted by atomic mass is 35.5. The Bertz CT molecular complexity index is 1340. The zero-order chi connectivity index (χ0) is 26.8. The van der Waals surface area contributed by atoms with Crippen LogP contribution in [0.5, 0.6) is 0 Å². The van der Waals surface area contributed by atoms with E-state index in [1.807, 2.05) is 0 Å². The topological polar surface area (TPSA) is 77.4 Å². The average Bonchev–Trinajstić information content (AvgIpc) is 2.77. The molecule has 10 heteroatoms. The lowest BCUT2D eigenvalue weighted by Crippen LogP contribution is -2.31. The lowest BCUT2D eigenvalue weighted by molar-refractivity contribution is -0.137. The largest absolute Gasteiger partial charge is 0.456 e. The van der Waals surface area contributed by atoms with Gasteiger partial charge in [-0.3, -0.25) is 9.59 Å². The van der Waals surface area contributed by atoms with E-state index in [9.17, 15) is 27.6 Å². The lowest BCUT2D eigenvalue weighted by Gasteiger charge is -2.19. The number of nitrogens with one attached hydrogen (secondary N) is 1. The number of anilines is 1. The molecule has 36 heavy (non-hydrogen) atoms. The Labute approximate surface area is 210 Å². The number of esters is 1. The number of carbonyl (C=O) groups is 2. The molecule has 3 rings (SSSR count). The van der Waals surface area contributed by atoms with Crippen molar-refractivity contribution in [1.29, 1.82) is 0 Å². The van der Waals surface area contributed by atoms with Crippen LogP contribution in [0, 0.1) is 0 Å². The molecule has 1 heterocycles. The number of benzene rings is 2. The number of nitrogens with zero attached hydrogens (tertiary/aromatic N) is 1. The summed E-state index contributed by atoms with van der Waals surface area (Å²) in [7, 11) is 0. The number of rotatable bonds is 5. The van der Waals surface area contributed by atoms with Crippen molar-refractivity contribution in [2.75, 3.05) is 5.32 Å². The summed E-state index contributed by atoms with van der Waals surface area (Å²) in [4.78, 5) is 37.6. The maximum absolute atomic E-state index is 13.4. The van der Waals surface area contributed by atoms with Crippen molar-refractivity contribution < 1.29 is 27.5 Å². The van der Waals surface area contributed by atoms with Gasteiger partial charge in [-0.1, -0.05) is 11.6 Å². The number of aromatic nitrogens is 1. The van der Waals surface area contributed by atoms with E-state index in [0.717, 1.165) is 28.8 Å². The molecule has 2 aromatic carbocycles. The second-order valence-corrected chi connectivity index (χ2v) is 9.53. The Balaban J connectivity index is 1.78. The molecule has 1 amide bonds. The van der Waals surface area contributed by atoms with Crippen molar-refractivity contribution in [2.24, 2.45) is 0 Å². The van der Waals surface area contributed by atoms with Gasteiger partial charge in [0.1, 0.15) is 11.6 Å². The van der Waals surface area contributed by atoms with Crippen LogP contribution in [0.1, 0.15) is 49.7 Å². The Kier molecular flexibility index (Phi) is 7.64. The fourth-order valence-corrected chi connectivity index (χ4v) is 3.55.